The minimum atomic E-state index is -0.608. The van der Waals surface area contributed by atoms with Gasteiger partial charge in [0, 0.05) is 22.4 Å². The zero-order valence-corrected chi connectivity index (χ0v) is 14.8. The number of carbonyl (C=O) groups is 2. The number of rotatable bonds is 3. The molecule has 6 heteroatoms. The van der Waals surface area contributed by atoms with Gasteiger partial charge in [-0.2, -0.15) is 0 Å². The van der Waals surface area contributed by atoms with Crippen molar-refractivity contribution in [2.24, 2.45) is 0 Å². The van der Waals surface area contributed by atoms with Gasteiger partial charge in [-0.15, -0.1) is 0 Å². The third-order valence-electron chi connectivity index (χ3n) is 3.95. The molecule has 0 saturated carbocycles. The molecule has 1 atom stereocenters. The summed E-state index contributed by atoms with van der Waals surface area (Å²) in [4.78, 5) is 26.5. The first-order valence-electron chi connectivity index (χ1n) is 7.77. The van der Waals surface area contributed by atoms with Crippen molar-refractivity contribution >= 4 is 39.2 Å². The van der Waals surface area contributed by atoms with Crippen LogP contribution >= 0.6 is 15.9 Å². The molecule has 24 heavy (non-hydrogen) atoms. The SMILES string of the molecule is C[C@@H](NC(=O)Nc1cccc(Br)c1)C(=O)N1CCc2ccccc21. The number of hydrogen-bond acceptors (Lipinski definition) is 2. The van der Waals surface area contributed by atoms with Gasteiger partial charge in [0.25, 0.3) is 0 Å². The van der Waals surface area contributed by atoms with Crippen LogP contribution in [0.5, 0.6) is 0 Å². The molecule has 2 aromatic rings. The van der Waals surface area contributed by atoms with E-state index in [-0.39, 0.29) is 5.91 Å². The van der Waals surface area contributed by atoms with Gasteiger partial charge in [0.15, 0.2) is 0 Å². The molecule has 0 radical (unpaired) electrons. The van der Waals surface area contributed by atoms with Crippen molar-refractivity contribution in [3.63, 3.8) is 0 Å². The summed E-state index contributed by atoms with van der Waals surface area (Å²) >= 11 is 3.35. The quantitative estimate of drug-likeness (QED) is 0.845. The van der Waals surface area contributed by atoms with Crippen LogP contribution in [0, 0.1) is 0 Å². The maximum Gasteiger partial charge on any atom is 0.319 e. The second-order valence-corrected chi connectivity index (χ2v) is 6.61. The van der Waals surface area contributed by atoms with E-state index in [0.29, 0.717) is 12.2 Å². The van der Waals surface area contributed by atoms with Gasteiger partial charge in [-0.3, -0.25) is 4.79 Å². The number of benzene rings is 2. The number of carbonyl (C=O) groups excluding carboxylic acids is 2. The van der Waals surface area contributed by atoms with Crippen molar-refractivity contribution in [3.8, 4) is 0 Å². The Hall–Kier alpha value is -2.34. The number of nitrogens with one attached hydrogen (secondary N) is 2. The fourth-order valence-electron chi connectivity index (χ4n) is 2.79. The van der Waals surface area contributed by atoms with Crippen LogP contribution in [-0.2, 0) is 11.2 Å². The molecular formula is C18H18BrN3O2. The molecule has 3 rings (SSSR count). The van der Waals surface area contributed by atoms with Crippen molar-refractivity contribution in [1.29, 1.82) is 0 Å². The Kier molecular flexibility index (Phi) is 4.85. The summed E-state index contributed by atoms with van der Waals surface area (Å²) in [6, 6.07) is 14.1. The first kappa shape index (κ1) is 16.5. The average molecular weight is 388 g/mol. The molecule has 1 heterocycles. The topological polar surface area (TPSA) is 61.4 Å². The van der Waals surface area contributed by atoms with Crippen molar-refractivity contribution in [2.45, 2.75) is 19.4 Å². The summed E-state index contributed by atoms with van der Waals surface area (Å²) in [5.41, 5.74) is 2.76. The Bertz CT molecular complexity index is 778. The molecule has 124 valence electrons. The summed E-state index contributed by atoms with van der Waals surface area (Å²) in [6.07, 6.45) is 0.846. The number of halogens is 1. The Balaban J connectivity index is 1.61. The monoisotopic (exact) mass is 387 g/mol. The van der Waals surface area contributed by atoms with Crippen LogP contribution in [0.25, 0.3) is 0 Å². The number of amides is 3. The lowest BCUT2D eigenvalue weighted by Gasteiger charge is -2.22. The van der Waals surface area contributed by atoms with E-state index >= 15 is 0 Å². The van der Waals surface area contributed by atoms with Crippen molar-refractivity contribution in [2.75, 3.05) is 16.8 Å². The van der Waals surface area contributed by atoms with E-state index < -0.39 is 12.1 Å². The average Bonchev–Trinajstić information content (AvgIpc) is 2.98. The minimum absolute atomic E-state index is 0.107. The highest BCUT2D eigenvalue weighted by Crippen LogP contribution is 2.27. The summed E-state index contributed by atoms with van der Waals surface area (Å²) in [7, 11) is 0. The molecule has 0 bridgehead atoms. The van der Waals surface area contributed by atoms with E-state index in [0.717, 1.165) is 22.1 Å². The molecule has 0 unspecified atom stereocenters. The van der Waals surface area contributed by atoms with Gasteiger partial charge in [0.2, 0.25) is 5.91 Å². The van der Waals surface area contributed by atoms with Gasteiger partial charge in [-0.05, 0) is 43.2 Å². The number of hydrogen-bond donors (Lipinski definition) is 2. The maximum absolute atomic E-state index is 12.6. The van der Waals surface area contributed by atoms with Gasteiger partial charge >= 0.3 is 6.03 Å². The van der Waals surface area contributed by atoms with E-state index in [4.69, 9.17) is 0 Å². The zero-order valence-electron chi connectivity index (χ0n) is 13.3. The van der Waals surface area contributed by atoms with Crippen LogP contribution < -0.4 is 15.5 Å². The molecule has 5 nitrogen and oxygen atoms in total. The summed E-state index contributed by atoms with van der Waals surface area (Å²) in [5, 5.41) is 5.43. The maximum atomic E-state index is 12.6. The van der Waals surface area contributed by atoms with Crippen molar-refractivity contribution in [1.82, 2.24) is 5.32 Å². The lowest BCUT2D eigenvalue weighted by atomic mass is 10.2. The smallest absolute Gasteiger partial charge is 0.319 e. The highest BCUT2D eigenvalue weighted by Gasteiger charge is 2.28. The van der Waals surface area contributed by atoms with E-state index in [1.165, 1.54) is 0 Å². The van der Waals surface area contributed by atoms with Crippen LogP contribution in [0.4, 0.5) is 16.2 Å². The Morgan fingerprint density at radius 2 is 1.96 bits per heavy atom. The molecule has 3 amide bonds. The van der Waals surface area contributed by atoms with E-state index in [9.17, 15) is 9.59 Å². The van der Waals surface area contributed by atoms with Gasteiger partial charge in [0.05, 0.1) is 0 Å². The second kappa shape index (κ2) is 7.05. The Morgan fingerprint density at radius 3 is 2.75 bits per heavy atom. The minimum Gasteiger partial charge on any atom is -0.326 e. The summed E-state index contributed by atoms with van der Waals surface area (Å²) < 4.78 is 0.873. The second-order valence-electron chi connectivity index (χ2n) is 5.70. The fraction of sp³-hybridized carbons (Fsp3) is 0.222. The third-order valence-corrected chi connectivity index (χ3v) is 4.45. The highest BCUT2D eigenvalue weighted by molar-refractivity contribution is 9.10. The fourth-order valence-corrected chi connectivity index (χ4v) is 3.19. The van der Waals surface area contributed by atoms with E-state index in [2.05, 4.69) is 26.6 Å². The molecule has 0 fully saturated rings. The van der Waals surface area contributed by atoms with Crippen LogP contribution in [0.3, 0.4) is 0 Å². The van der Waals surface area contributed by atoms with E-state index in [1.54, 1.807) is 24.0 Å². The standard InChI is InChI=1S/C18H18BrN3O2/c1-12(20-18(24)21-15-7-4-6-14(19)11-15)17(23)22-10-9-13-5-2-3-8-16(13)22/h2-8,11-12H,9-10H2,1H3,(H2,20,21,24)/t12-/m1/s1. The molecule has 1 aliphatic rings. The normalized spacial score (nSPS) is 14.0. The summed E-state index contributed by atoms with van der Waals surface area (Å²) in [5.74, 6) is -0.107. The van der Waals surface area contributed by atoms with Crippen molar-refractivity contribution < 1.29 is 9.59 Å². The molecule has 2 N–H and O–H groups in total. The number of nitrogens with zero attached hydrogens (tertiary/aromatic N) is 1. The Labute approximate surface area is 149 Å². The summed E-state index contributed by atoms with van der Waals surface area (Å²) in [6.45, 7) is 2.35. The first-order chi connectivity index (χ1) is 11.5. The van der Waals surface area contributed by atoms with Gasteiger partial charge in [-0.25, -0.2) is 4.79 Å². The molecule has 0 spiro atoms. The Morgan fingerprint density at radius 1 is 1.17 bits per heavy atom. The van der Waals surface area contributed by atoms with Crippen LogP contribution in [0.15, 0.2) is 53.0 Å². The molecule has 1 aliphatic heterocycles. The number of fused-ring (bicyclic) bond motifs is 1. The third kappa shape index (κ3) is 3.59. The van der Waals surface area contributed by atoms with Crippen LogP contribution in [0.1, 0.15) is 12.5 Å². The zero-order chi connectivity index (χ0) is 17.1. The number of anilines is 2. The van der Waals surface area contributed by atoms with Crippen LogP contribution in [0.2, 0.25) is 0 Å². The lowest BCUT2D eigenvalue weighted by molar-refractivity contribution is -0.119. The molecule has 0 aliphatic carbocycles. The number of urea groups is 1. The predicted octanol–water partition coefficient (Wildman–Crippen LogP) is 3.55. The van der Waals surface area contributed by atoms with Gasteiger partial charge in [-0.1, -0.05) is 40.2 Å². The van der Waals surface area contributed by atoms with E-state index in [1.807, 2.05) is 36.4 Å². The number of para-hydroxylation sites is 1. The molecular weight excluding hydrogens is 370 g/mol. The van der Waals surface area contributed by atoms with Gasteiger partial charge < -0.3 is 15.5 Å². The molecule has 0 aromatic heterocycles. The lowest BCUT2D eigenvalue weighted by Crippen LogP contribution is -2.47. The largest absolute Gasteiger partial charge is 0.326 e. The van der Waals surface area contributed by atoms with Crippen LogP contribution in [-0.4, -0.2) is 24.5 Å². The van der Waals surface area contributed by atoms with Gasteiger partial charge in [0.1, 0.15) is 6.04 Å². The predicted molar refractivity (Wildman–Crippen MR) is 98.3 cm³/mol. The molecule has 0 saturated heterocycles. The van der Waals surface area contributed by atoms with Crippen molar-refractivity contribution in [3.05, 3.63) is 58.6 Å². The molecule has 2 aromatic carbocycles. The highest BCUT2D eigenvalue weighted by atomic mass is 79.9. The first-order valence-corrected chi connectivity index (χ1v) is 8.56.